The maximum Gasteiger partial charge on any atom is 0.262 e. The van der Waals surface area contributed by atoms with Crippen molar-refractivity contribution in [1.29, 1.82) is 0 Å². The fourth-order valence-corrected chi connectivity index (χ4v) is 4.67. The van der Waals surface area contributed by atoms with Crippen LogP contribution in [0.2, 0.25) is 5.02 Å². The average Bonchev–Trinajstić information content (AvgIpc) is 3.02. The molecule has 1 unspecified atom stereocenters. The molecule has 3 heterocycles. The minimum absolute atomic E-state index is 0.0116. The van der Waals surface area contributed by atoms with Crippen molar-refractivity contribution in [2.75, 3.05) is 19.7 Å². The largest absolute Gasteiger partial charge is 0.370 e. The van der Waals surface area contributed by atoms with E-state index in [2.05, 4.69) is 4.98 Å². The molecule has 29 heavy (non-hydrogen) atoms. The molecule has 2 aromatic heterocycles. The highest BCUT2D eigenvalue weighted by Crippen LogP contribution is 2.26. The quantitative estimate of drug-likeness (QED) is 0.631. The number of nitrogens with zero attached hydrogens (tertiary/aromatic N) is 3. The first-order valence-corrected chi connectivity index (χ1v) is 10.7. The molecule has 0 radical (unpaired) electrons. The molecule has 0 aliphatic carbocycles. The molecule has 6 nitrogen and oxygen atoms in total. The van der Waals surface area contributed by atoms with Gasteiger partial charge >= 0.3 is 0 Å². The Balaban J connectivity index is 1.43. The molecule has 1 fully saturated rings. The molecule has 0 bridgehead atoms. The third-order valence-corrected chi connectivity index (χ3v) is 6.75. The summed E-state index contributed by atoms with van der Waals surface area (Å²) in [7, 11) is 0. The maximum atomic E-state index is 12.8. The number of thiophene rings is 1. The molecule has 3 aromatic rings. The summed E-state index contributed by atoms with van der Waals surface area (Å²) in [6.07, 6.45) is 1.63. The lowest BCUT2D eigenvalue weighted by atomic mass is 10.1. The highest BCUT2D eigenvalue weighted by atomic mass is 35.5. The minimum Gasteiger partial charge on any atom is -0.370 e. The molecule has 1 aliphatic rings. The Hall–Kier alpha value is -2.22. The van der Waals surface area contributed by atoms with Crippen LogP contribution in [0.1, 0.15) is 28.5 Å². The first-order chi connectivity index (χ1) is 13.9. The molecule has 152 valence electrons. The van der Waals surface area contributed by atoms with Gasteiger partial charge in [0, 0.05) is 29.4 Å². The predicted molar refractivity (Wildman–Crippen MR) is 115 cm³/mol. The van der Waals surface area contributed by atoms with Crippen molar-refractivity contribution in [2.45, 2.75) is 32.9 Å². The van der Waals surface area contributed by atoms with E-state index in [0.29, 0.717) is 36.7 Å². The van der Waals surface area contributed by atoms with Gasteiger partial charge in [-0.25, -0.2) is 4.98 Å². The Bertz CT molecular complexity index is 1110. The predicted octanol–water partition coefficient (Wildman–Crippen LogP) is 3.72. The monoisotopic (exact) mass is 431 g/mol. The number of carbonyl (C=O) groups is 1. The number of hydrogen-bond donors (Lipinski definition) is 0. The van der Waals surface area contributed by atoms with Crippen LogP contribution in [-0.2, 0) is 16.1 Å². The van der Waals surface area contributed by atoms with E-state index < -0.39 is 0 Å². The average molecular weight is 432 g/mol. The van der Waals surface area contributed by atoms with E-state index in [1.54, 1.807) is 11.2 Å². The van der Waals surface area contributed by atoms with Crippen molar-refractivity contribution in [1.82, 2.24) is 14.5 Å². The zero-order chi connectivity index (χ0) is 20.5. The lowest BCUT2D eigenvalue weighted by molar-refractivity contribution is -0.139. The summed E-state index contributed by atoms with van der Waals surface area (Å²) in [6.45, 7) is 5.78. The van der Waals surface area contributed by atoms with Crippen LogP contribution in [0.25, 0.3) is 10.2 Å². The number of ether oxygens (including phenoxy) is 1. The fraction of sp³-hybridized carbons (Fsp3) is 0.381. The lowest BCUT2D eigenvalue weighted by Gasteiger charge is -2.33. The smallest absolute Gasteiger partial charge is 0.262 e. The summed E-state index contributed by atoms with van der Waals surface area (Å²) < 4.78 is 7.37. The highest BCUT2D eigenvalue weighted by Gasteiger charge is 2.25. The van der Waals surface area contributed by atoms with Crippen molar-refractivity contribution in [3.8, 4) is 0 Å². The van der Waals surface area contributed by atoms with Crippen LogP contribution in [-0.4, -0.2) is 40.1 Å². The maximum absolute atomic E-state index is 12.8. The first-order valence-electron chi connectivity index (χ1n) is 9.54. The van der Waals surface area contributed by atoms with Crippen molar-refractivity contribution in [3.05, 3.63) is 62.0 Å². The van der Waals surface area contributed by atoms with Crippen LogP contribution in [0, 0.1) is 13.8 Å². The molecular weight excluding hydrogens is 410 g/mol. The van der Waals surface area contributed by atoms with Crippen LogP contribution in [0.4, 0.5) is 0 Å². The summed E-state index contributed by atoms with van der Waals surface area (Å²) in [5.74, 6) is 0.0116. The molecule has 1 amide bonds. The van der Waals surface area contributed by atoms with Gasteiger partial charge in [0.1, 0.15) is 10.9 Å². The molecule has 0 spiro atoms. The number of carbonyl (C=O) groups excluding carboxylic acids is 1. The van der Waals surface area contributed by atoms with Gasteiger partial charge in [0.25, 0.3) is 5.56 Å². The van der Waals surface area contributed by atoms with Gasteiger partial charge in [-0.05, 0) is 37.1 Å². The summed E-state index contributed by atoms with van der Waals surface area (Å²) in [5.41, 5.74) is 1.90. The third kappa shape index (κ3) is 4.08. The Morgan fingerprint density at radius 1 is 1.31 bits per heavy atom. The number of aromatic nitrogens is 2. The Kier molecular flexibility index (Phi) is 5.72. The summed E-state index contributed by atoms with van der Waals surface area (Å²) >= 11 is 7.48. The Morgan fingerprint density at radius 3 is 2.83 bits per heavy atom. The van der Waals surface area contributed by atoms with Crippen LogP contribution in [0.3, 0.4) is 0 Å². The van der Waals surface area contributed by atoms with Gasteiger partial charge < -0.3 is 9.64 Å². The normalized spacial score (nSPS) is 17.1. The molecule has 1 saturated heterocycles. The first kappa shape index (κ1) is 20.1. The molecule has 1 aliphatic heterocycles. The standard InChI is InChI=1S/C21H22ClN3O3S/c1-13-14(2)29-20-19(13)21(27)25(12-23-20)8-7-18(26)24-9-10-28-17(11-24)15-3-5-16(22)6-4-15/h3-6,12,17H,7-11H2,1-2H3. The zero-order valence-corrected chi connectivity index (χ0v) is 17.9. The molecular formula is C21H22ClN3O3S. The van der Waals surface area contributed by atoms with E-state index in [4.69, 9.17) is 16.3 Å². The van der Waals surface area contributed by atoms with Crippen LogP contribution < -0.4 is 5.56 Å². The van der Waals surface area contributed by atoms with Crippen LogP contribution in [0.15, 0.2) is 35.4 Å². The van der Waals surface area contributed by atoms with E-state index in [1.165, 1.54) is 15.9 Å². The number of amides is 1. The molecule has 0 saturated carbocycles. The Labute approximate surface area is 177 Å². The number of halogens is 1. The summed E-state index contributed by atoms with van der Waals surface area (Å²) in [6, 6.07) is 7.49. The molecule has 0 N–H and O–H groups in total. The van der Waals surface area contributed by atoms with E-state index in [1.807, 2.05) is 38.1 Å². The van der Waals surface area contributed by atoms with Gasteiger partial charge in [-0.15, -0.1) is 11.3 Å². The topological polar surface area (TPSA) is 64.4 Å². The summed E-state index contributed by atoms with van der Waals surface area (Å²) in [4.78, 5) is 33.6. The van der Waals surface area contributed by atoms with Crippen molar-refractivity contribution in [2.24, 2.45) is 0 Å². The van der Waals surface area contributed by atoms with Crippen LogP contribution >= 0.6 is 22.9 Å². The van der Waals surface area contributed by atoms with Gasteiger partial charge in [-0.1, -0.05) is 23.7 Å². The van der Waals surface area contributed by atoms with E-state index in [-0.39, 0.29) is 24.0 Å². The molecule has 1 atom stereocenters. The number of aryl methyl sites for hydroxylation is 3. The number of rotatable bonds is 4. The second kappa shape index (κ2) is 8.26. The minimum atomic E-state index is -0.165. The zero-order valence-electron chi connectivity index (χ0n) is 16.4. The van der Waals surface area contributed by atoms with Gasteiger partial charge in [0.2, 0.25) is 5.91 Å². The van der Waals surface area contributed by atoms with Gasteiger partial charge in [-0.3, -0.25) is 14.2 Å². The van der Waals surface area contributed by atoms with Crippen molar-refractivity contribution < 1.29 is 9.53 Å². The number of fused-ring (bicyclic) bond motifs is 1. The van der Waals surface area contributed by atoms with E-state index in [0.717, 1.165) is 20.8 Å². The lowest BCUT2D eigenvalue weighted by Crippen LogP contribution is -2.42. The van der Waals surface area contributed by atoms with Crippen LogP contribution in [0.5, 0.6) is 0 Å². The van der Waals surface area contributed by atoms with Gasteiger partial charge in [0.05, 0.1) is 24.9 Å². The number of morpholine rings is 1. The number of hydrogen-bond acceptors (Lipinski definition) is 5. The second-order valence-electron chi connectivity index (χ2n) is 7.21. The molecule has 1 aromatic carbocycles. The fourth-order valence-electron chi connectivity index (χ4n) is 3.56. The number of benzene rings is 1. The molecule has 8 heteroatoms. The van der Waals surface area contributed by atoms with Gasteiger partial charge in [-0.2, -0.15) is 0 Å². The van der Waals surface area contributed by atoms with Gasteiger partial charge in [0.15, 0.2) is 0 Å². The third-order valence-electron chi connectivity index (χ3n) is 5.38. The van der Waals surface area contributed by atoms with E-state index in [9.17, 15) is 9.59 Å². The van der Waals surface area contributed by atoms with Crippen molar-refractivity contribution >= 4 is 39.1 Å². The highest BCUT2D eigenvalue weighted by molar-refractivity contribution is 7.18. The Morgan fingerprint density at radius 2 is 2.07 bits per heavy atom. The second-order valence-corrected chi connectivity index (χ2v) is 8.85. The SMILES string of the molecule is Cc1sc2ncn(CCC(=O)N3CCOC(c4ccc(Cl)cc4)C3)c(=O)c2c1C. The van der Waals surface area contributed by atoms with E-state index >= 15 is 0 Å². The van der Waals surface area contributed by atoms with Crippen molar-refractivity contribution in [3.63, 3.8) is 0 Å². The summed E-state index contributed by atoms with van der Waals surface area (Å²) in [5, 5.41) is 1.33. The molecule has 4 rings (SSSR count).